The molecular formula is C14H24N4. The van der Waals surface area contributed by atoms with Gasteiger partial charge in [-0.2, -0.15) is 0 Å². The first-order valence-electron chi connectivity index (χ1n) is 6.85. The minimum atomic E-state index is 0.564. The van der Waals surface area contributed by atoms with Gasteiger partial charge in [-0.25, -0.2) is 9.97 Å². The fourth-order valence-corrected chi connectivity index (χ4v) is 2.56. The Kier molecular flexibility index (Phi) is 4.66. The number of rotatable bonds is 4. The van der Waals surface area contributed by atoms with Gasteiger partial charge in [-0.05, 0) is 58.8 Å². The second kappa shape index (κ2) is 6.25. The van der Waals surface area contributed by atoms with Crippen molar-refractivity contribution in [2.24, 2.45) is 5.92 Å². The molecule has 4 heteroatoms. The smallest absolute Gasteiger partial charge is 0.125 e. The molecule has 4 nitrogen and oxygen atoms in total. The third kappa shape index (κ3) is 3.75. The third-order valence-electron chi connectivity index (χ3n) is 3.91. The lowest BCUT2D eigenvalue weighted by Gasteiger charge is -2.33. The molecule has 1 N–H and O–H groups in total. The normalized spacial score (nSPS) is 19.9. The Morgan fingerprint density at radius 2 is 2.17 bits per heavy atom. The van der Waals surface area contributed by atoms with Crippen molar-refractivity contribution in [3.05, 3.63) is 23.8 Å². The van der Waals surface area contributed by atoms with Crippen molar-refractivity contribution in [2.45, 2.75) is 39.3 Å². The van der Waals surface area contributed by atoms with Gasteiger partial charge in [-0.1, -0.05) is 0 Å². The van der Waals surface area contributed by atoms with Crippen LogP contribution in [0.5, 0.6) is 0 Å². The molecule has 100 valence electrons. The SMILES string of the molecule is Cc1nccc(CNC(C)C2CCN(C)CC2)n1. The van der Waals surface area contributed by atoms with Crippen LogP contribution >= 0.6 is 0 Å². The van der Waals surface area contributed by atoms with Crippen molar-refractivity contribution in [1.82, 2.24) is 20.2 Å². The molecule has 1 fully saturated rings. The molecule has 0 aromatic carbocycles. The van der Waals surface area contributed by atoms with Crippen LogP contribution in [0.3, 0.4) is 0 Å². The van der Waals surface area contributed by atoms with Crippen molar-refractivity contribution < 1.29 is 0 Å². The summed E-state index contributed by atoms with van der Waals surface area (Å²) >= 11 is 0. The zero-order valence-corrected chi connectivity index (χ0v) is 11.7. The van der Waals surface area contributed by atoms with Crippen molar-refractivity contribution in [2.75, 3.05) is 20.1 Å². The highest BCUT2D eigenvalue weighted by molar-refractivity contribution is 5.01. The minimum absolute atomic E-state index is 0.564. The predicted octanol–water partition coefficient (Wildman–Crippen LogP) is 1.60. The zero-order valence-electron chi connectivity index (χ0n) is 11.7. The molecule has 1 saturated heterocycles. The molecule has 0 bridgehead atoms. The number of hydrogen-bond acceptors (Lipinski definition) is 4. The first-order valence-corrected chi connectivity index (χ1v) is 6.85. The molecule has 0 radical (unpaired) electrons. The van der Waals surface area contributed by atoms with Crippen LogP contribution in [-0.2, 0) is 6.54 Å². The summed E-state index contributed by atoms with van der Waals surface area (Å²) in [7, 11) is 2.21. The molecule has 1 atom stereocenters. The fourth-order valence-electron chi connectivity index (χ4n) is 2.56. The van der Waals surface area contributed by atoms with Gasteiger partial charge in [0.05, 0.1) is 5.69 Å². The molecular weight excluding hydrogens is 224 g/mol. The Morgan fingerprint density at radius 3 is 2.83 bits per heavy atom. The van der Waals surface area contributed by atoms with E-state index < -0.39 is 0 Å². The predicted molar refractivity (Wildman–Crippen MR) is 73.3 cm³/mol. The maximum absolute atomic E-state index is 4.42. The van der Waals surface area contributed by atoms with E-state index in [9.17, 15) is 0 Å². The monoisotopic (exact) mass is 248 g/mol. The summed E-state index contributed by atoms with van der Waals surface area (Å²) in [6.07, 6.45) is 4.43. The second-order valence-corrected chi connectivity index (χ2v) is 5.41. The Hall–Kier alpha value is -1.00. The highest BCUT2D eigenvalue weighted by atomic mass is 15.1. The lowest BCUT2D eigenvalue weighted by molar-refractivity contribution is 0.189. The Bertz CT molecular complexity index is 372. The topological polar surface area (TPSA) is 41.1 Å². The van der Waals surface area contributed by atoms with Crippen LogP contribution in [0.4, 0.5) is 0 Å². The molecule has 0 saturated carbocycles. The summed E-state index contributed by atoms with van der Waals surface area (Å²) in [5, 5.41) is 3.60. The van der Waals surface area contributed by atoms with E-state index in [1.54, 1.807) is 0 Å². The number of aryl methyl sites for hydroxylation is 1. The zero-order chi connectivity index (χ0) is 13.0. The number of nitrogens with zero attached hydrogens (tertiary/aromatic N) is 3. The maximum Gasteiger partial charge on any atom is 0.125 e. The summed E-state index contributed by atoms with van der Waals surface area (Å²) in [5.74, 6) is 1.64. The Labute approximate surface area is 110 Å². The number of nitrogens with one attached hydrogen (secondary N) is 1. The first-order chi connectivity index (χ1) is 8.65. The lowest BCUT2D eigenvalue weighted by Crippen LogP contribution is -2.40. The molecule has 1 unspecified atom stereocenters. The quantitative estimate of drug-likeness (QED) is 0.879. The molecule has 0 amide bonds. The van der Waals surface area contributed by atoms with Gasteiger partial charge in [-0.3, -0.25) is 0 Å². The lowest BCUT2D eigenvalue weighted by atomic mass is 9.90. The van der Waals surface area contributed by atoms with E-state index in [2.05, 4.69) is 34.2 Å². The van der Waals surface area contributed by atoms with Gasteiger partial charge in [0.25, 0.3) is 0 Å². The van der Waals surface area contributed by atoms with Crippen LogP contribution < -0.4 is 5.32 Å². The standard InChI is InChI=1S/C14H24N4/c1-11(13-5-8-18(3)9-6-13)16-10-14-4-7-15-12(2)17-14/h4,7,11,13,16H,5-6,8-10H2,1-3H3. The van der Waals surface area contributed by atoms with Gasteiger partial charge < -0.3 is 10.2 Å². The molecule has 2 heterocycles. The summed E-state index contributed by atoms with van der Waals surface area (Å²) in [6.45, 7) is 7.53. The van der Waals surface area contributed by atoms with Gasteiger partial charge in [0.1, 0.15) is 5.82 Å². The maximum atomic E-state index is 4.42. The molecule has 18 heavy (non-hydrogen) atoms. The molecule has 1 aromatic rings. The average molecular weight is 248 g/mol. The molecule has 1 aromatic heterocycles. The van der Waals surface area contributed by atoms with Crippen LogP contribution in [0.25, 0.3) is 0 Å². The highest BCUT2D eigenvalue weighted by Gasteiger charge is 2.21. The highest BCUT2D eigenvalue weighted by Crippen LogP contribution is 2.19. The van der Waals surface area contributed by atoms with Gasteiger partial charge in [0.15, 0.2) is 0 Å². The molecule has 1 aliphatic heterocycles. The van der Waals surface area contributed by atoms with E-state index in [1.165, 1.54) is 25.9 Å². The van der Waals surface area contributed by atoms with E-state index in [1.807, 2.05) is 19.2 Å². The van der Waals surface area contributed by atoms with E-state index >= 15 is 0 Å². The van der Waals surface area contributed by atoms with Crippen LogP contribution in [0.1, 0.15) is 31.3 Å². The minimum Gasteiger partial charge on any atom is -0.308 e. The van der Waals surface area contributed by atoms with Gasteiger partial charge in [0, 0.05) is 18.8 Å². The number of hydrogen-bond donors (Lipinski definition) is 1. The van der Waals surface area contributed by atoms with E-state index in [4.69, 9.17) is 0 Å². The van der Waals surface area contributed by atoms with Crippen LogP contribution in [-0.4, -0.2) is 41.0 Å². The largest absolute Gasteiger partial charge is 0.308 e. The summed E-state index contributed by atoms with van der Waals surface area (Å²) < 4.78 is 0. The van der Waals surface area contributed by atoms with Crippen molar-refractivity contribution in [3.8, 4) is 0 Å². The Morgan fingerprint density at radius 1 is 1.44 bits per heavy atom. The van der Waals surface area contributed by atoms with Gasteiger partial charge >= 0.3 is 0 Å². The second-order valence-electron chi connectivity index (χ2n) is 5.41. The molecule has 2 rings (SSSR count). The van der Waals surface area contributed by atoms with E-state index in [0.29, 0.717) is 6.04 Å². The van der Waals surface area contributed by atoms with Crippen LogP contribution in [0.15, 0.2) is 12.3 Å². The summed E-state index contributed by atoms with van der Waals surface area (Å²) in [4.78, 5) is 11.0. The fraction of sp³-hybridized carbons (Fsp3) is 0.714. The molecule has 1 aliphatic rings. The van der Waals surface area contributed by atoms with Crippen molar-refractivity contribution in [1.29, 1.82) is 0 Å². The summed E-state index contributed by atoms with van der Waals surface area (Å²) in [6, 6.07) is 2.55. The number of piperidine rings is 1. The third-order valence-corrected chi connectivity index (χ3v) is 3.91. The molecule has 0 aliphatic carbocycles. The van der Waals surface area contributed by atoms with Gasteiger partial charge in [0.2, 0.25) is 0 Å². The number of likely N-dealkylation sites (tertiary alicyclic amines) is 1. The van der Waals surface area contributed by atoms with Gasteiger partial charge in [-0.15, -0.1) is 0 Å². The van der Waals surface area contributed by atoms with Crippen molar-refractivity contribution >= 4 is 0 Å². The number of aromatic nitrogens is 2. The summed E-state index contributed by atoms with van der Waals surface area (Å²) in [5.41, 5.74) is 1.09. The van der Waals surface area contributed by atoms with E-state index in [0.717, 1.165) is 24.0 Å². The van der Waals surface area contributed by atoms with E-state index in [-0.39, 0.29) is 0 Å². The van der Waals surface area contributed by atoms with Crippen molar-refractivity contribution in [3.63, 3.8) is 0 Å². The molecule has 0 spiro atoms. The van der Waals surface area contributed by atoms with Crippen LogP contribution in [0, 0.1) is 12.8 Å². The Balaban J connectivity index is 1.79. The van der Waals surface area contributed by atoms with Crippen LogP contribution in [0.2, 0.25) is 0 Å². The average Bonchev–Trinajstić information content (AvgIpc) is 2.37. The first kappa shape index (κ1) is 13.4.